The minimum Gasteiger partial charge on any atom is -0.493 e. The fourth-order valence-corrected chi connectivity index (χ4v) is 4.05. The molecule has 21 heavy (non-hydrogen) atoms. The molecule has 3 aromatic rings. The summed E-state index contributed by atoms with van der Waals surface area (Å²) in [5.41, 5.74) is 6.91. The van der Waals surface area contributed by atoms with Crippen molar-refractivity contribution >= 4 is 10.9 Å². The van der Waals surface area contributed by atoms with Crippen LogP contribution in [-0.2, 0) is 6.54 Å². The first-order chi connectivity index (χ1) is 10.3. The highest BCUT2D eigenvalue weighted by Crippen LogP contribution is 2.48. The molecule has 0 amide bonds. The highest BCUT2D eigenvalue weighted by atomic mass is 16.5. The van der Waals surface area contributed by atoms with Crippen molar-refractivity contribution in [3.05, 3.63) is 53.6 Å². The maximum Gasteiger partial charge on any atom is 0.123 e. The van der Waals surface area contributed by atoms with Crippen LogP contribution >= 0.6 is 0 Å². The van der Waals surface area contributed by atoms with Crippen LogP contribution in [0.4, 0.5) is 0 Å². The maximum atomic E-state index is 5.91. The average molecular weight is 275 g/mol. The Morgan fingerprint density at radius 2 is 2.05 bits per heavy atom. The van der Waals surface area contributed by atoms with Gasteiger partial charge in [-0.25, -0.2) is 0 Å². The molecule has 2 nitrogen and oxygen atoms in total. The lowest BCUT2D eigenvalue weighted by atomic mass is 9.83. The van der Waals surface area contributed by atoms with Gasteiger partial charge in [-0.3, -0.25) is 0 Å². The van der Waals surface area contributed by atoms with Crippen molar-refractivity contribution < 1.29 is 4.74 Å². The van der Waals surface area contributed by atoms with Crippen LogP contribution in [-0.4, -0.2) is 11.2 Å². The van der Waals surface area contributed by atoms with Gasteiger partial charge in [0.15, 0.2) is 0 Å². The van der Waals surface area contributed by atoms with Crippen molar-refractivity contribution in [3.8, 4) is 17.0 Å². The molecular formula is C19H17NO. The second-order valence-electron chi connectivity index (χ2n) is 6.20. The molecule has 1 atom stereocenters. The number of para-hydroxylation sites is 1. The largest absolute Gasteiger partial charge is 0.493 e. The number of rotatable bonds is 0. The number of hydrogen-bond donors (Lipinski definition) is 0. The van der Waals surface area contributed by atoms with Crippen molar-refractivity contribution in [2.75, 3.05) is 6.61 Å². The first-order valence-electron chi connectivity index (χ1n) is 7.68. The molecule has 2 heteroatoms. The predicted molar refractivity (Wildman–Crippen MR) is 85.0 cm³/mol. The van der Waals surface area contributed by atoms with E-state index in [1.165, 1.54) is 33.3 Å². The van der Waals surface area contributed by atoms with Gasteiger partial charge >= 0.3 is 0 Å². The van der Waals surface area contributed by atoms with Crippen LogP contribution in [0.2, 0.25) is 0 Å². The molecule has 5 rings (SSSR count). The standard InChI is InChI=1S/C19H17NO/c1-12-6-7-17-19-14(8-9-21-17)11-20-15-5-3-2-4-13(15)10-16(20)18(12)19/h2-7,10,14H,8-9,11H2,1H3. The number of benzene rings is 2. The van der Waals surface area contributed by atoms with Crippen LogP contribution in [0.3, 0.4) is 0 Å². The van der Waals surface area contributed by atoms with Gasteiger partial charge in [-0.15, -0.1) is 0 Å². The Kier molecular flexibility index (Phi) is 2.13. The van der Waals surface area contributed by atoms with Gasteiger partial charge in [0, 0.05) is 40.2 Å². The summed E-state index contributed by atoms with van der Waals surface area (Å²) in [4.78, 5) is 0. The zero-order valence-corrected chi connectivity index (χ0v) is 12.1. The Bertz CT molecular complexity index is 875. The normalized spacial score (nSPS) is 19.0. The molecule has 1 aromatic heterocycles. The highest BCUT2D eigenvalue weighted by molar-refractivity contribution is 5.90. The van der Waals surface area contributed by atoms with Gasteiger partial charge in [-0.1, -0.05) is 24.3 Å². The van der Waals surface area contributed by atoms with E-state index in [0.29, 0.717) is 5.92 Å². The minimum atomic E-state index is 0.590. The van der Waals surface area contributed by atoms with Gasteiger partial charge in [-0.2, -0.15) is 0 Å². The van der Waals surface area contributed by atoms with Crippen molar-refractivity contribution in [2.24, 2.45) is 0 Å². The molecule has 0 radical (unpaired) electrons. The minimum absolute atomic E-state index is 0.590. The molecule has 0 bridgehead atoms. The number of nitrogens with zero attached hydrogens (tertiary/aromatic N) is 1. The van der Waals surface area contributed by atoms with Gasteiger partial charge < -0.3 is 9.30 Å². The van der Waals surface area contributed by atoms with Gasteiger partial charge in [0.05, 0.1) is 6.61 Å². The maximum absolute atomic E-state index is 5.91. The summed E-state index contributed by atoms with van der Waals surface area (Å²) in [5.74, 6) is 1.69. The Hall–Kier alpha value is -2.22. The Balaban J connectivity index is 1.91. The Labute approximate surface area is 124 Å². The Morgan fingerprint density at radius 1 is 1.14 bits per heavy atom. The smallest absolute Gasteiger partial charge is 0.123 e. The van der Waals surface area contributed by atoms with E-state index < -0.39 is 0 Å². The molecule has 0 aliphatic carbocycles. The van der Waals surface area contributed by atoms with E-state index in [0.717, 1.165) is 25.3 Å². The summed E-state index contributed by atoms with van der Waals surface area (Å²) in [7, 11) is 0. The molecule has 104 valence electrons. The van der Waals surface area contributed by atoms with E-state index in [2.05, 4.69) is 54.0 Å². The third-order valence-corrected chi connectivity index (χ3v) is 5.02. The van der Waals surface area contributed by atoms with Crippen LogP contribution in [0.15, 0.2) is 42.5 Å². The topological polar surface area (TPSA) is 14.2 Å². The molecule has 2 aliphatic heterocycles. The fourth-order valence-electron chi connectivity index (χ4n) is 4.05. The van der Waals surface area contributed by atoms with Crippen molar-refractivity contribution in [3.63, 3.8) is 0 Å². The Morgan fingerprint density at radius 3 is 3.00 bits per heavy atom. The predicted octanol–water partition coefficient (Wildman–Crippen LogP) is 4.50. The summed E-state index contributed by atoms with van der Waals surface area (Å²) in [5, 5.41) is 1.34. The molecule has 0 saturated carbocycles. The summed E-state index contributed by atoms with van der Waals surface area (Å²) in [6.07, 6.45) is 1.12. The third kappa shape index (κ3) is 1.42. The SMILES string of the molecule is Cc1ccc2c3c1-c1cc4ccccc4n1CC3CCO2. The molecular weight excluding hydrogens is 258 g/mol. The molecule has 0 saturated heterocycles. The van der Waals surface area contributed by atoms with E-state index in [4.69, 9.17) is 4.74 Å². The highest BCUT2D eigenvalue weighted by Gasteiger charge is 2.32. The van der Waals surface area contributed by atoms with E-state index >= 15 is 0 Å². The van der Waals surface area contributed by atoms with Crippen molar-refractivity contribution in [1.29, 1.82) is 0 Å². The average Bonchev–Trinajstić information content (AvgIpc) is 2.88. The number of aryl methyl sites for hydroxylation is 1. The van der Waals surface area contributed by atoms with E-state index in [9.17, 15) is 0 Å². The lowest BCUT2D eigenvalue weighted by molar-refractivity contribution is 0.258. The molecule has 2 aromatic carbocycles. The lowest BCUT2D eigenvalue weighted by Gasteiger charge is -2.34. The van der Waals surface area contributed by atoms with Crippen LogP contribution in [0, 0.1) is 6.92 Å². The quantitative estimate of drug-likeness (QED) is 0.589. The van der Waals surface area contributed by atoms with Crippen molar-refractivity contribution in [2.45, 2.75) is 25.8 Å². The number of aromatic nitrogens is 1. The fraction of sp³-hybridized carbons (Fsp3) is 0.263. The molecule has 1 unspecified atom stereocenters. The van der Waals surface area contributed by atoms with Gasteiger partial charge in [0.2, 0.25) is 0 Å². The lowest BCUT2D eigenvalue weighted by Crippen LogP contribution is -2.24. The van der Waals surface area contributed by atoms with Gasteiger partial charge in [-0.05, 0) is 37.1 Å². The summed E-state index contributed by atoms with van der Waals surface area (Å²) in [6.45, 7) is 4.14. The van der Waals surface area contributed by atoms with E-state index in [1.54, 1.807) is 0 Å². The summed E-state index contributed by atoms with van der Waals surface area (Å²) < 4.78 is 8.41. The number of fused-ring (bicyclic) bond motifs is 4. The molecule has 0 fully saturated rings. The zero-order chi connectivity index (χ0) is 14.0. The second-order valence-corrected chi connectivity index (χ2v) is 6.20. The number of ether oxygens (including phenoxy) is 1. The van der Waals surface area contributed by atoms with Gasteiger partial charge in [0.1, 0.15) is 5.75 Å². The summed E-state index contributed by atoms with van der Waals surface area (Å²) >= 11 is 0. The number of hydrogen-bond acceptors (Lipinski definition) is 1. The third-order valence-electron chi connectivity index (χ3n) is 5.02. The van der Waals surface area contributed by atoms with Crippen LogP contribution in [0.1, 0.15) is 23.5 Å². The molecule has 0 spiro atoms. The first-order valence-corrected chi connectivity index (χ1v) is 7.68. The molecule has 3 heterocycles. The van der Waals surface area contributed by atoms with Crippen LogP contribution < -0.4 is 4.74 Å². The van der Waals surface area contributed by atoms with Crippen LogP contribution in [0.5, 0.6) is 5.75 Å². The second kappa shape index (κ2) is 3.91. The van der Waals surface area contributed by atoms with E-state index in [1.807, 2.05) is 0 Å². The first kappa shape index (κ1) is 11.4. The zero-order valence-electron chi connectivity index (χ0n) is 12.1. The van der Waals surface area contributed by atoms with Gasteiger partial charge in [0.25, 0.3) is 0 Å². The summed E-state index contributed by atoms with van der Waals surface area (Å²) in [6, 6.07) is 15.4. The monoisotopic (exact) mass is 275 g/mol. The molecule has 2 aliphatic rings. The van der Waals surface area contributed by atoms with E-state index in [-0.39, 0.29) is 0 Å². The van der Waals surface area contributed by atoms with Crippen LogP contribution in [0.25, 0.3) is 22.2 Å². The van der Waals surface area contributed by atoms with Crippen molar-refractivity contribution in [1.82, 2.24) is 4.57 Å². The molecule has 0 N–H and O–H groups in total.